The van der Waals surface area contributed by atoms with Gasteiger partial charge in [0, 0.05) is 6.54 Å². The highest BCUT2D eigenvalue weighted by atomic mass is 16.3. The fourth-order valence-corrected chi connectivity index (χ4v) is 2.20. The van der Waals surface area contributed by atoms with Crippen LogP contribution in [0.3, 0.4) is 0 Å². The molecular formula is C15H20N2O. The standard InChI is InChI=1S/C15H20N2O/c1-4-7-17-10-16-9-14(17)15(18)13-8-11(2)5-6-12(13)3/h5-6,8-10,15,18H,4,7H2,1-3H3. The summed E-state index contributed by atoms with van der Waals surface area (Å²) in [5, 5.41) is 10.5. The van der Waals surface area contributed by atoms with Gasteiger partial charge in [-0.25, -0.2) is 4.98 Å². The topological polar surface area (TPSA) is 38.0 Å². The molecule has 1 heterocycles. The van der Waals surface area contributed by atoms with E-state index >= 15 is 0 Å². The van der Waals surface area contributed by atoms with Crippen molar-refractivity contribution in [3.05, 3.63) is 53.1 Å². The maximum Gasteiger partial charge on any atom is 0.121 e. The molecule has 3 nitrogen and oxygen atoms in total. The third-order valence-corrected chi connectivity index (χ3v) is 3.22. The van der Waals surface area contributed by atoms with Crippen LogP contribution in [-0.2, 0) is 6.54 Å². The molecule has 2 aromatic rings. The maximum atomic E-state index is 10.5. The second-order valence-corrected chi connectivity index (χ2v) is 4.77. The highest BCUT2D eigenvalue weighted by molar-refractivity contribution is 5.35. The second-order valence-electron chi connectivity index (χ2n) is 4.77. The molecule has 0 aliphatic heterocycles. The van der Waals surface area contributed by atoms with E-state index in [1.807, 2.05) is 24.5 Å². The van der Waals surface area contributed by atoms with Gasteiger partial charge in [0.15, 0.2) is 0 Å². The molecule has 0 spiro atoms. The van der Waals surface area contributed by atoms with Crippen molar-refractivity contribution in [1.82, 2.24) is 9.55 Å². The molecule has 1 aromatic heterocycles. The van der Waals surface area contributed by atoms with E-state index in [0.717, 1.165) is 35.3 Å². The summed E-state index contributed by atoms with van der Waals surface area (Å²) in [5.74, 6) is 0. The maximum absolute atomic E-state index is 10.5. The largest absolute Gasteiger partial charge is 0.382 e. The molecule has 0 fully saturated rings. The van der Waals surface area contributed by atoms with Crippen molar-refractivity contribution >= 4 is 0 Å². The molecule has 1 atom stereocenters. The van der Waals surface area contributed by atoms with Crippen LogP contribution in [-0.4, -0.2) is 14.7 Å². The molecule has 0 bridgehead atoms. The van der Waals surface area contributed by atoms with Crippen LogP contribution < -0.4 is 0 Å². The molecule has 0 saturated heterocycles. The van der Waals surface area contributed by atoms with Crippen LogP contribution in [0.1, 0.15) is 41.8 Å². The summed E-state index contributed by atoms with van der Waals surface area (Å²) in [6.45, 7) is 7.07. The summed E-state index contributed by atoms with van der Waals surface area (Å²) >= 11 is 0. The lowest BCUT2D eigenvalue weighted by Gasteiger charge is -2.16. The molecule has 0 amide bonds. The van der Waals surface area contributed by atoms with Gasteiger partial charge >= 0.3 is 0 Å². The Bertz CT molecular complexity index is 531. The number of benzene rings is 1. The Balaban J connectivity index is 2.38. The van der Waals surface area contributed by atoms with Crippen molar-refractivity contribution in [3.8, 4) is 0 Å². The van der Waals surface area contributed by atoms with Gasteiger partial charge in [-0.05, 0) is 31.4 Å². The third-order valence-electron chi connectivity index (χ3n) is 3.22. The zero-order chi connectivity index (χ0) is 13.1. The second kappa shape index (κ2) is 5.36. The summed E-state index contributed by atoms with van der Waals surface area (Å²) in [4.78, 5) is 4.14. The summed E-state index contributed by atoms with van der Waals surface area (Å²) in [5.41, 5.74) is 4.10. The molecule has 1 N–H and O–H groups in total. The van der Waals surface area contributed by atoms with Gasteiger partial charge in [-0.1, -0.05) is 30.7 Å². The van der Waals surface area contributed by atoms with Gasteiger partial charge in [0.1, 0.15) is 6.10 Å². The van der Waals surface area contributed by atoms with Crippen LogP contribution in [0.25, 0.3) is 0 Å². The number of aryl methyl sites for hydroxylation is 3. The average molecular weight is 244 g/mol. The Morgan fingerprint density at radius 3 is 2.83 bits per heavy atom. The van der Waals surface area contributed by atoms with Gasteiger partial charge in [0.05, 0.1) is 18.2 Å². The molecule has 18 heavy (non-hydrogen) atoms. The van der Waals surface area contributed by atoms with E-state index in [4.69, 9.17) is 0 Å². The lowest BCUT2D eigenvalue weighted by molar-refractivity contribution is 0.209. The minimum Gasteiger partial charge on any atom is -0.382 e. The molecule has 0 saturated carbocycles. The Hall–Kier alpha value is -1.61. The fourth-order valence-electron chi connectivity index (χ4n) is 2.20. The Labute approximate surface area is 108 Å². The Morgan fingerprint density at radius 2 is 2.11 bits per heavy atom. The predicted octanol–water partition coefficient (Wildman–Crippen LogP) is 2.99. The fraction of sp³-hybridized carbons (Fsp3) is 0.400. The molecule has 2 rings (SSSR count). The van der Waals surface area contributed by atoms with E-state index in [9.17, 15) is 5.11 Å². The van der Waals surface area contributed by atoms with Crippen LogP contribution in [0.2, 0.25) is 0 Å². The van der Waals surface area contributed by atoms with Gasteiger partial charge in [-0.2, -0.15) is 0 Å². The average Bonchev–Trinajstić information content (AvgIpc) is 2.80. The highest BCUT2D eigenvalue weighted by Crippen LogP contribution is 2.25. The number of aromatic nitrogens is 2. The van der Waals surface area contributed by atoms with Crippen LogP contribution in [0.4, 0.5) is 0 Å². The van der Waals surface area contributed by atoms with Crippen molar-refractivity contribution in [2.75, 3.05) is 0 Å². The normalized spacial score (nSPS) is 12.7. The number of aliphatic hydroxyl groups is 1. The molecule has 0 aliphatic carbocycles. The van der Waals surface area contributed by atoms with E-state index in [1.54, 1.807) is 12.5 Å². The number of hydrogen-bond acceptors (Lipinski definition) is 2. The molecule has 1 unspecified atom stereocenters. The summed E-state index contributed by atoms with van der Waals surface area (Å²) < 4.78 is 2.02. The minimum atomic E-state index is -0.598. The van der Waals surface area contributed by atoms with E-state index < -0.39 is 6.10 Å². The first-order valence-corrected chi connectivity index (χ1v) is 6.38. The zero-order valence-corrected chi connectivity index (χ0v) is 11.2. The van der Waals surface area contributed by atoms with Crippen LogP contribution >= 0.6 is 0 Å². The molecule has 1 aromatic carbocycles. The number of hydrogen-bond donors (Lipinski definition) is 1. The monoisotopic (exact) mass is 244 g/mol. The first-order valence-electron chi connectivity index (χ1n) is 6.38. The van der Waals surface area contributed by atoms with Crippen molar-refractivity contribution in [3.63, 3.8) is 0 Å². The van der Waals surface area contributed by atoms with Gasteiger partial charge in [0.25, 0.3) is 0 Å². The number of rotatable bonds is 4. The quantitative estimate of drug-likeness (QED) is 0.897. The van der Waals surface area contributed by atoms with Gasteiger partial charge in [-0.15, -0.1) is 0 Å². The first-order chi connectivity index (χ1) is 8.63. The Kier molecular flexibility index (Phi) is 3.82. The van der Waals surface area contributed by atoms with Gasteiger partial charge in [0.2, 0.25) is 0 Å². The van der Waals surface area contributed by atoms with E-state index in [1.165, 1.54) is 0 Å². The van der Waals surface area contributed by atoms with E-state index in [0.29, 0.717) is 0 Å². The van der Waals surface area contributed by atoms with Crippen molar-refractivity contribution in [1.29, 1.82) is 0 Å². The van der Waals surface area contributed by atoms with Crippen LogP contribution in [0, 0.1) is 13.8 Å². The summed E-state index contributed by atoms with van der Waals surface area (Å²) in [6, 6.07) is 6.16. The van der Waals surface area contributed by atoms with Gasteiger partial charge < -0.3 is 9.67 Å². The number of nitrogens with zero attached hydrogens (tertiary/aromatic N) is 2. The zero-order valence-electron chi connectivity index (χ0n) is 11.2. The predicted molar refractivity (Wildman–Crippen MR) is 72.5 cm³/mol. The van der Waals surface area contributed by atoms with Crippen LogP contribution in [0.15, 0.2) is 30.7 Å². The molecular weight excluding hydrogens is 224 g/mol. The molecule has 0 radical (unpaired) electrons. The van der Waals surface area contributed by atoms with Crippen molar-refractivity contribution < 1.29 is 5.11 Å². The van der Waals surface area contributed by atoms with Gasteiger partial charge in [-0.3, -0.25) is 0 Å². The number of aliphatic hydroxyl groups excluding tert-OH is 1. The van der Waals surface area contributed by atoms with E-state index in [-0.39, 0.29) is 0 Å². The lowest BCUT2D eigenvalue weighted by Crippen LogP contribution is -2.09. The first kappa shape index (κ1) is 12.8. The number of imidazole rings is 1. The van der Waals surface area contributed by atoms with Crippen molar-refractivity contribution in [2.24, 2.45) is 0 Å². The molecule has 3 heteroatoms. The van der Waals surface area contributed by atoms with Crippen molar-refractivity contribution in [2.45, 2.75) is 39.8 Å². The highest BCUT2D eigenvalue weighted by Gasteiger charge is 2.16. The summed E-state index contributed by atoms with van der Waals surface area (Å²) in [6.07, 6.45) is 3.97. The lowest BCUT2D eigenvalue weighted by atomic mass is 9.99. The smallest absolute Gasteiger partial charge is 0.121 e. The Morgan fingerprint density at radius 1 is 1.33 bits per heavy atom. The van der Waals surface area contributed by atoms with E-state index in [2.05, 4.69) is 24.0 Å². The molecule has 96 valence electrons. The minimum absolute atomic E-state index is 0.598. The molecule has 0 aliphatic rings. The third kappa shape index (κ3) is 2.46. The SMILES string of the molecule is CCCn1cncc1C(O)c1cc(C)ccc1C. The summed E-state index contributed by atoms with van der Waals surface area (Å²) in [7, 11) is 0. The van der Waals surface area contributed by atoms with Crippen LogP contribution in [0.5, 0.6) is 0 Å².